The second kappa shape index (κ2) is 6.63. The van der Waals surface area contributed by atoms with Crippen LogP contribution in [0.1, 0.15) is 49.0 Å². The summed E-state index contributed by atoms with van der Waals surface area (Å²) in [5.41, 5.74) is 0.466. The fourth-order valence-corrected chi connectivity index (χ4v) is 3.69. The Kier molecular flexibility index (Phi) is 4.62. The van der Waals surface area contributed by atoms with Gasteiger partial charge in [-0.3, -0.25) is 4.79 Å². The Morgan fingerprint density at radius 2 is 2.25 bits per heavy atom. The first-order chi connectivity index (χ1) is 9.83. The Labute approximate surface area is 123 Å². The van der Waals surface area contributed by atoms with Crippen molar-refractivity contribution in [3.05, 3.63) is 11.1 Å². The molecule has 0 bridgehead atoms. The third-order valence-electron chi connectivity index (χ3n) is 4.33. The van der Waals surface area contributed by atoms with Gasteiger partial charge in [0.2, 0.25) is 0 Å². The normalized spacial score (nSPS) is 24.8. The fourth-order valence-electron chi connectivity index (χ4n) is 3.26. The number of aromatic nitrogens is 2. The SMILES string of the molecule is O=C(c1csnn1)N1CCOC(CC2CCCCC2)C1. The maximum atomic E-state index is 12.3. The van der Waals surface area contributed by atoms with Crippen LogP contribution in [-0.4, -0.2) is 46.2 Å². The lowest BCUT2D eigenvalue weighted by molar-refractivity contribution is -0.0338. The highest BCUT2D eigenvalue weighted by atomic mass is 32.1. The Morgan fingerprint density at radius 1 is 1.40 bits per heavy atom. The molecule has 1 aromatic rings. The van der Waals surface area contributed by atoms with Crippen LogP contribution >= 0.6 is 11.5 Å². The first-order valence-corrected chi connectivity index (χ1v) is 8.34. The number of hydrogen-bond acceptors (Lipinski definition) is 5. The number of rotatable bonds is 3. The van der Waals surface area contributed by atoms with Crippen LogP contribution in [0.5, 0.6) is 0 Å². The standard InChI is InChI=1S/C14H21N3O2S/c18-14(13-10-20-16-15-13)17-6-7-19-12(9-17)8-11-4-2-1-3-5-11/h10-12H,1-9H2. The molecule has 2 heterocycles. The number of ether oxygens (including phenoxy) is 1. The van der Waals surface area contributed by atoms with Crippen LogP contribution in [-0.2, 0) is 4.74 Å². The first-order valence-electron chi connectivity index (χ1n) is 7.51. The van der Waals surface area contributed by atoms with Crippen LogP contribution in [0.25, 0.3) is 0 Å². The molecular weight excluding hydrogens is 274 g/mol. The van der Waals surface area contributed by atoms with Crippen LogP contribution in [0.3, 0.4) is 0 Å². The molecule has 1 aliphatic heterocycles. The summed E-state index contributed by atoms with van der Waals surface area (Å²) in [6, 6.07) is 0. The molecule has 0 spiro atoms. The van der Waals surface area contributed by atoms with Gasteiger partial charge in [-0.05, 0) is 23.9 Å². The zero-order valence-corrected chi connectivity index (χ0v) is 12.5. The third-order valence-corrected chi connectivity index (χ3v) is 4.83. The van der Waals surface area contributed by atoms with Gasteiger partial charge in [-0.15, -0.1) is 5.10 Å². The lowest BCUT2D eigenvalue weighted by Crippen LogP contribution is -2.46. The van der Waals surface area contributed by atoms with Gasteiger partial charge in [-0.2, -0.15) is 0 Å². The Hall–Kier alpha value is -1.01. The van der Waals surface area contributed by atoms with E-state index in [1.54, 1.807) is 5.38 Å². The average molecular weight is 295 g/mol. The van der Waals surface area contributed by atoms with E-state index in [0.717, 1.165) is 12.3 Å². The van der Waals surface area contributed by atoms with E-state index in [0.29, 0.717) is 25.4 Å². The van der Waals surface area contributed by atoms with Crippen molar-refractivity contribution in [1.29, 1.82) is 0 Å². The molecule has 20 heavy (non-hydrogen) atoms. The number of carbonyl (C=O) groups is 1. The van der Waals surface area contributed by atoms with E-state index < -0.39 is 0 Å². The summed E-state index contributed by atoms with van der Waals surface area (Å²) < 4.78 is 9.61. The van der Waals surface area contributed by atoms with Gasteiger partial charge < -0.3 is 9.64 Å². The van der Waals surface area contributed by atoms with E-state index in [-0.39, 0.29) is 12.0 Å². The zero-order chi connectivity index (χ0) is 13.8. The van der Waals surface area contributed by atoms with Gasteiger partial charge in [0.25, 0.3) is 5.91 Å². The highest BCUT2D eigenvalue weighted by Crippen LogP contribution is 2.29. The van der Waals surface area contributed by atoms with Crippen molar-refractivity contribution in [2.24, 2.45) is 5.92 Å². The maximum absolute atomic E-state index is 12.3. The molecule has 1 aliphatic carbocycles. The first kappa shape index (κ1) is 13.9. The molecule has 2 aliphatic rings. The zero-order valence-electron chi connectivity index (χ0n) is 11.7. The highest BCUT2D eigenvalue weighted by Gasteiger charge is 2.28. The third kappa shape index (κ3) is 3.35. The molecule has 2 fully saturated rings. The van der Waals surface area contributed by atoms with Crippen molar-refractivity contribution in [2.45, 2.75) is 44.6 Å². The largest absolute Gasteiger partial charge is 0.375 e. The summed E-state index contributed by atoms with van der Waals surface area (Å²) in [4.78, 5) is 14.1. The lowest BCUT2D eigenvalue weighted by Gasteiger charge is -2.35. The molecule has 5 nitrogen and oxygen atoms in total. The quantitative estimate of drug-likeness (QED) is 0.859. The second-order valence-corrected chi connectivity index (χ2v) is 6.38. The van der Waals surface area contributed by atoms with Gasteiger partial charge >= 0.3 is 0 Å². The van der Waals surface area contributed by atoms with Crippen LogP contribution in [0.2, 0.25) is 0 Å². The summed E-state index contributed by atoms with van der Waals surface area (Å²) in [5.74, 6) is 0.778. The van der Waals surface area contributed by atoms with Crippen molar-refractivity contribution in [3.63, 3.8) is 0 Å². The summed E-state index contributed by atoms with van der Waals surface area (Å²) in [6.45, 7) is 2.01. The summed E-state index contributed by atoms with van der Waals surface area (Å²) in [6.07, 6.45) is 8.02. The van der Waals surface area contributed by atoms with Gasteiger partial charge in [0.05, 0.1) is 12.7 Å². The van der Waals surface area contributed by atoms with Crippen molar-refractivity contribution < 1.29 is 9.53 Å². The van der Waals surface area contributed by atoms with E-state index in [1.165, 1.54) is 43.6 Å². The Balaban J connectivity index is 1.54. The van der Waals surface area contributed by atoms with Gasteiger partial charge in [0.1, 0.15) is 0 Å². The number of morpholine rings is 1. The fraction of sp³-hybridized carbons (Fsp3) is 0.786. The molecule has 3 rings (SSSR count). The van der Waals surface area contributed by atoms with Crippen molar-refractivity contribution in [2.75, 3.05) is 19.7 Å². The van der Waals surface area contributed by atoms with E-state index in [4.69, 9.17) is 4.74 Å². The van der Waals surface area contributed by atoms with Crippen LogP contribution in [0.4, 0.5) is 0 Å². The van der Waals surface area contributed by atoms with Crippen LogP contribution in [0, 0.1) is 5.92 Å². The minimum Gasteiger partial charge on any atom is -0.375 e. The predicted molar refractivity (Wildman–Crippen MR) is 76.7 cm³/mol. The molecule has 0 radical (unpaired) electrons. The molecule has 1 saturated carbocycles. The lowest BCUT2D eigenvalue weighted by atomic mass is 9.85. The Bertz CT molecular complexity index is 432. The molecule has 110 valence electrons. The average Bonchev–Trinajstić information content (AvgIpc) is 3.02. The van der Waals surface area contributed by atoms with Gasteiger partial charge in [0.15, 0.2) is 5.69 Å². The van der Waals surface area contributed by atoms with E-state index >= 15 is 0 Å². The maximum Gasteiger partial charge on any atom is 0.275 e. The van der Waals surface area contributed by atoms with Gasteiger partial charge in [-0.25, -0.2) is 0 Å². The molecule has 1 atom stereocenters. The predicted octanol–water partition coefficient (Wildman–Crippen LogP) is 2.35. The number of amides is 1. The number of hydrogen-bond donors (Lipinski definition) is 0. The van der Waals surface area contributed by atoms with E-state index in [2.05, 4.69) is 9.59 Å². The smallest absolute Gasteiger partial charge is 0.275 e. The summed E-state index contributed by atoms with van der Waals surface area (Å²) in [7, 11) is 0. The van der Waals surface area contributed by atoms with E-state index in [9.17, 15) is 4.79 Å². The van der Waals surface area contributed by atoms with Crippen molar-refractivity contribution in [3.8, 4) is 0 Å². The minimum absolute atomic E-state index is 0.00399. The van der Waals surface area contributed by atoms with Crippen LogP contribution in [0.15, 0.2) is 5.38 Å². The minimum atomic E-state index is -0.00399. The monoisotopic (exact) mass is 295 g/mol. The number of carbonyl (C=O) groups excluding carboxylic acids is 1. The number of nitrogens with zero attached hydrogens (tertiary/aromatic N) is 3. The van der Waals surface area contributed by atoms with Gasteiger partial charge in [0, 0.05) is 18.5 Å². The molecule has 1 amide bonds. The summed E-state index contributed by atoms with van der Waals surface area (Å²) in [5, 5.41) is 5.58. The molecule has 1 aromatic heterocycles. The molecule has 0 aromatic carbocycles. The summed E-state index contributed by atoms with van der Waals surface area (Å²) >= 11 is 1.22. The molecular formula is C14H21N3O2S. The topological polar surface area (TPSA) is 55.3 Å². The Morgan fingerprint density at radius 3 is 3.00 bits per heavy atom. The second-order valence-electron chi connectivity index (χ2n) is 5.77. The van der Waals surface area contributed by atoms with Crippen LogP contribution < -0.4 is 0 Å². The van der Waals surface area contributed by atoms with Crippen molar-refractivity contribution >= 4 is 17.4 Å². The highest BCUT2D eigenvalue weighted by molar-refractivity contribution is 7.03. The molecule has 6 heteroatoms. The molecule has 0 N–H and O–H groups in total. The van der Waals surface area contributed by atoms with Crippen molar-refractivity contribution in [1.82, 2.24) is 14.5 Å². The molecule has 1 unspecified atom stereocenters. The van der Waals surface area contributed by atoms with Gasteiger partial charge in [-0.1, -0.05) is 36.6 Å². The molecule has 1 saturated heterocycles. The van der Waals surface area contributed by atoms with E-state index in [1.807, 2.05) is 4.90 Å².